The number of hydrogen-bond acceptors (Lipinski definition) is 8. The number of carbonyl (C=O) groups excluding carboxylic acids is 1. The number of amidine groups is 2. The topological polar surface area (TPSA) is 142 Å². The van der Waals surface area contributed by atoms with Crippen LogP contribution in [0.25, 0.3) is 0 Å². The van der Waals surface area contributed by atoms with E-state index in [-0.39, 0.29) is 29.9 Å². The second-order valence-electron chi connectivity index (χ2n) is 8.54. The Kier molecular flexibility index (Phi) is 12.2. The summed E-state index contributed by atoms with van der Waals surface area (Å²) in [5.74, 6) is 1.37. The van der Waals surface area contributed by atoms with Crippen molar-refractivity contribution >= 4 is 41.0 Å². The van der Waals surface area contributed by atoms with Crippen molar-refractivity contribution in [2.75, 3.05) is 24.8 Å². The quantitative estimate of drug-likeness (QED) is 0.166. The summed E-state index contributed by atoms with van der Waals surface area (Å²) < 4.78 is 12.8. The maximum absolute atomic E-state index is 10.6. The van der Waals surface area contributed by atoms with Crippen LogP contribution in [0.15, 0.2) is 71.7 Å². The molecular weight excluding hydrogens is 514 g/mol. The molecule has 0 saturated heterocycles. The van der Waals surface area contributed by atoms with Crippen LogP contribution in [0.4, 0.5) is 5.69 Å². The van der Waals surface area contributed by atoms with Gasteiger partial charge in [0.05, 0.1) is 25.1 Å². The molecule has 0 aliphatic carbocycles. The summed E-state index contributed by atoms with van der Waals surface area (Å²) >= 11 is 0.750. The summed E-state index contributed by atoms with van der Waals surface area (Å²) in [4.78, 5) is 16.7. The molecule has 0 bridgehead atoms. The average molecular weight is 550 g/mol. The van der Waals surface area contributed by atoms with Gasteiger partial charge in [-0.2, -0.15) is 0 Å². The Bertz CT molecular complexity index is 1310. The minimum atomic E-state index is 0.00979. The van der Waals surface area contributed by atoms with Crippen molar-refractivity contribution in [3.63, 3.8) is 0 Å². The zero-order chi connectivity index (χ0) is 28.9. The van der Waals surface area contributed by atoms with Gasteiger partial charge in [0.2, 0.25) is 5.91 Å². The molecule has 0 atom stereocenters. The SMILES string of the molecule is CC(=O)NCc1ccc(C)cc1.COc1ccc2c(c1)C(c1ccc(O)cc1)=NCC(=N)N2C(C)=N.CSO. The van der Waals surface area contributed by atoms with Gasteiger partial charge in [-0.1, -0.05) is 29.8 Å². The fourth-order valence-electron chi connectivity index (χ4n) is 3.66. The summed E-state index contributed by atoms with van der Waals surface area (Å²) in [6.07, 6.45) is 1.60. The second-order valence-corrected chi connectivity index (χ2v) is 8.91. The number of aryl methyl sites for hydroxylation is 1. The third kappa shape index (κ3) is 9.27. The Morgan fingerprint density at radius 3 is 2.26 bits per heavy atom. The lowest BCUT2D eigenvalue weighted by Gasteiger charge is -2.24. The van der Waals surface area contributed by atoms with Crippen molar-refractivity contribution in [3.05, 3.63) is 89.0 Å². The number of ether oxygens (including phenoxy) is 1. The number of fused-ring (bicyclic) bond motifs is 1. The lowest BCUT2D eigenvalue weighted by atomic mass is 9.99. The summed E-state index contributed by atoms with van der Waals surface area (Å²) in [7, 11) is 1.59. The molecule has 1 aliphatic heterocycles. The molecule has 1 aliphatic rings. The van der Waals surface area contributed by atoms with Crippen molar-refractivity contribution in [1.29, 1.82) is 10.8 Å². The normalized spacial score (nSPS) is 11.9. The molecule has 5 N–H and O–H groups in total. The highest BCUT2D eigenvalue weighted by molar-refractivity contribution is 7.93. The van der Waals surface area contributed by atoms with Gasteiger partial charge in [-0.05, 0) is 73.9 Å². The van der Waals surface area contributed by atoms with Crippen LogP contribution in [0.3, 0.4) is 0 Å². The first-order valence-corrected chi connectivity index (χ1v) is 13.2. The van der Waals surface area contributed by atoms with Crippen molar-refractivity contribution in [2.45, 2.75) is 27.3 Å². The van der Waals surface area contributed by atoms with E-state index in [9.17, 15) is 9.90 Å². The molecule has 0 aromatic heterocycles. The van der Waals surface area contributed by atoms with Crippen LogP contribution >= 0.6 is 12.0 Å². The molecule has 3 aromatic carbocycles. The number of nitrogens with one attached hydrogen (secondary N) is 3. The van der Waals surface area contributed by atoms with E-state index in [1.54, 1.807) is 49.5 Å². The molecular formula is C29H35N5O4S. The van der Waals surface area contributed by atoms with E-state index in [1.165, 1.54) is 12.5 Å². The highest BCUT2D eigenvalue weighted by Crippen LogP contribution is 2.31. The number of anilines is 1. The van der Waals surface area contributed by atoms with Gasteiger partial charge in [0.1, 0.15) is 23.2 Å². The average Bonchev–Trinajstić information content (AvgIpc) is 3.05. The van der Waals surface area contributed by atoms with E-state index in [0.717, 1.165) is 34.4 Å². The molecule has 10 heteroatoms. The van der Waals surface area contributed by atoms with Gasteiger partial charge in [-0.25, -0.2) is 0 Å². The molecule has 206 valence electrons. The number of hydrogen-bond donors (Lipinski definition) is 5. The number of phenols is 1. The molecule has 0 radical (unpaired) electrons. The lowest BCUT2D eigenvalue weighted by Crippen LogP contribution is -2.35. The summed E-state index contributed by atoms with van der Waals surface area (Å²) in [6.45, 7) is 6.00. The summed E-state index contributed by atoms with van der Waals surface area (Å²) in [5.41, 5.74) is 5.42. The summed E-state index contributed by atoms with van der Waals surface area (Å²) in [6, 6.07) is 20.4. The number of aliphatic imine (C=N–C) groups is 1. The van der Waals surface area contributed by atoms with Crippen LogP contribution in [-0.2, 0) is 11.3 Å². The molecule has 0 saturated carbocycles. The van der Waals surface area contributed by atoms with E-state index >= 15 is 0 Å². The van der Waals surface area contributed by atoms with Crippen LogP contribution in [-0.4, -0.2) is 52.9 Å². The Morgan fingerprint density at radius 1 is 1.10 bits per heavy atom. The van der Waals surface area contributed by atoms with Crippen molar-refractivity contribution in [2.24, 2.45) is 4.99 Å². The van der Waals surface area contributed by atoms with Gasteiger partial charge >= 0.3 is 0 Å². The van der Waals surface area contributed by atoms with Gasteiger partial charge in [0.15, 0.2) is 0 Å². The van der Waals surface area contributed by atoms with Crippen LogP contribution in [0, 0.1) is 17.7 Å². The lowest BCUT2D eigenvalue weighted by molar-refractivity contribution is -0.119. The highest BCUT2D eigenvalue weighted by atomic mass is 32.2. The Labute approximate surface area is 233 Å². The summed E-state index contributed by atoms with van der Waals surface area (Å²) in [5, 5.41) is 28.5. The number of methoxy groups -OCH3 is 1. The van der Waals surface area contributed by atoms with E-state index in [4.69, 9.17) is 20.1 Å². The predicted molar refractivity (Wildman–Crippen MR) is 160 cm³/mol. The Hall–Kier alpha value is -4.15. The smallest absolute Gasteiger partial charge is 0.217 e. The fourth-order valence-corrected chi connectivity index (χ4v) is 3.66. The van der Waals surface area contributed by atoms with Gasteiger partial charge in [0.25, 0.3) is 0 Å². The largest absolute Gasteiger partial charge is 0.508 e. The zero-order valence-corrected chi connectivity index (χ0v) is 23.6. The van der Waals surface area contributed by atoms with Crippen LogP contribution in [0.5, 0.6) is 11.5 Å². The van der Waals surface area contributed by atoms with Crippen LogP contribution in [0.2, 0.25) is 0 Å². The third-order valence-electron chi connectivity index (χ3n) is 5.49. The first kappa shape index (κ1) is 31.1. The predicted octanol–water partition coefficient (Wildman–Crippen LogP) is 5.49. The molecule has 0 spiro atoms. The van der Waals surface area contributed by atoms with Gasteiger partial charge in [-0.3, -0.25) is 25.5 Å². The number of carbonyl (C=O) groups is 1. The second kappa shape index (κ2) is 15.3. The zero-order valence-electron chi connectivity index (χ0n) is 22.8. The number of benzene rings is 3. The molecule has 0 unspecified atom stereocenters. The van der Waals surface area contributed by atoms with E-state index in [0.29, 0.717) is 18.0 Å². The first-order chi connectivity index (χ1) is 18.6. The standard InChI is InChI=1S/C18H18N4O2.C10H13NO.CH4OS/c1-11(19)22-16-8-7-14(24-2)9-15(16)18(21-10-17(22)20)12-3-5-13(23)6-4-12;1-8-3-5-10(6-4-8)7-11-9(2)12;1-3-2/h3-9,19-20,23H,10H2,1-2H3;3-6H,7H2,1-2H3,(H,11,12);2H,1H3. The number of aromatic hydroxyl groups is 1. The number of nitrogens with zero attached hydrogens (tertiary/aromatic N) is 2. The maximum atomic E-state index is 10.6. The van der Waals surface area contributed by atoms with E-state index in [1.807, 2.05) is 49.4 Å². The third-order valence-corrected chi connectivity index (χ3v) is 5.49. The number of rotatable bonds is 4. The molecule has 1 amide bonds. The Balaban J connectivity index is 0.000000298. The molecule has 4 rings (SSSR count). The molecule has 3 aromatic rings. The molecule has 9 nitrogen and oxygen atoms in total. The minimum Gasteiger partial charge on any atom is -0.508 e. The van der Waals surface area contributed by atoms with Crippen molar-refractivity contribution < 1.29 is 19.2 Å². The number of phenolic OH excluding ortho intramolecular Hbond substituents is 1. The Morgan fingerprint density at radius 2 is 1.72 bits per heavy atom. The first-order valence-electron chi connectivity index (χ1n) is 12.0. The van der Waals surface area contributed by atoms with Crippen molar-refractivity contribution in [1.82, 2.24) is 5.32 Å². The minimum absolute atomic E-state index is 0.00979. The monoisotopic (exact) mass is 549 g/mol. The van der Waals surface area contributed by atoms with E-state index in [2.05, 4.69) is 10.3 Å². The number of benzodiazepines with no additional fused rings is 1. The molecule has 0 fully saturated rings. The maximum Gasteiger partial charge on any atom is 0.217 e. The van der Waals surface area contributed by atoms with Crippen LogP contribution < -0.4 is 15.0 Å². The van der Waals surface area contributed by atoms with Gasteiger partial charge < -0.3 is 19.7 Å². The molecule has 39 heavy (non-hydrogen) atoms. The highest BCUT2D eigenvalue weighted by Gasteiger charge is 2.25. The fraction of sp³-hybridized carbons (Fsp3) is 0.241. The van der Waals surface area contributed by atoms with Crippen molar-refractivity contribution in [3.8, 4) is 11.5 Å². The van der Waals surface area contributed by atoms with Gasteiger partial charge in [0, 0.05) is 30.9 Å². The van der Waals surface area contributed by atoms with Gasteiger partial charge in [-0.15, -0.1) is 0 Å². The van der Waals surface area contributed by atoms with Crippen LogP contribution in [0.1, 0.15) is 36.1 Å². The number of amides is 1. The molecule has 1 heterocycles. The van der Waals surface area contributed by atoms with E-state index < -0.39 is 0 Å².